The number of fused-ring (bicyclic) bond motifs is 5. The van der Waals surface area contributed by atoms with E-state index >= 15 is 0 Å². The van der Waals surface area contributed by atoms with Gasteiger partial charge in [-0.3, -0.25) is 4.57 Å². The zero-order valence-electron chi connectivity index (χ0n) is 24.2. The van der Waals surface area contributed by atoms with Gasteiger partial charge in [0, 0.05) is 45.8 Å². The van der Waals surface area contributed by atoms with Crippen molar-refractivity contribution in [2.24, 2.45) is 0 Å². The number of rotatable bonds is 3. The number of pyridine rings is 1. The molecule has 0 spiro atoms. The van der Waals surface area contributed by atoms with E-state index in [0.29, 0.717) is 0 Å². The van der Waals surface area contributed by atoms with Gasteiger partial charge in [-0.15, -0.1) is 0 Å². The lowest BCUT2D eigenvalue weighted by atomic mass is 9.73. The number of hydrogen-bond donors (Lipinski definition) is 0. The SMILES string of the molecule is Cc1cc(C)n(-c2cccc(Oc3ccc4c5cc(C(C)(C)C)cc6c5n(c4c3)-c3ncccc3C6(C)C)c2)n1. The minimum Gasteiger partial charge on any atom is -0.457 e. The first-order valence-corrected chi connectivity index (χ1v) is 13.9. The van der Waals surface area contributed by atoms with Gasteiger partial charge in [0.15, 0.2) is 0 Å². The number of hydrogen-bond acceptors (Lipinski definition) is 3. The highest BCUT2D eigenvalue weighted by Gasteiger charge is 2.37. The molecular formula is C35H34N4O. The van der Waals surface area contributed by atoms with Gasteiger partial charge in [0.1, 0.15) is 17.3 Å². The zero-order valence-corrected chi connectivity index (χ0v) is 24.2. The van der Waals surface area contributed by atoms with Crippen molar-refractivity contribution in [1.29, 1.82) is 0 Å². The molecule has 0 amide bonds. The highest BCUT2D eigenvalue weighted by molar-refractivity contribution is 6.12. The molecule has 0 saturated carbocycles. The largest absolute Gasteiger partial charge is 0.457 e. The van der Waals surface area contributed by atoms with Crippen molar-refractivity contribution in [3.05, 3.63) is 107 Å². The molecule has 0 radical (unpaired) electrons. The van der Waals surface area contributed by atoms with E-state index in [0.717, 1.165) is 39.9 Å². The van der Waals surface area contributed by atoms with Gasteiger partial charge in [-0.2, -0.15) is 5.10 Å². The molecule has 3 aromatic carbocycles. The first kappa shape index (κ1) is 24.6. The molecule has 7 rings (SSSR count). The Morgan fingerprint density at radius 1 is 0.800 bits per heavy atom. The van der Waals surface area contributed by atoms with Gasteiger partial charge < -0.3 is 4.74 Å². The van der Waals surface area contributed by atoms with Crippen molar-refractivity contribution in [1.82, 2.24) is 19.3 Å². The molecule has 0 atom stereocenters. The molecule has 3 aromatic heterocycles. The van der Waals surface area contributed by atoms with Crippen molar-refractivity contribution in [2.75, 3.05) is 0 Å². The standard InChI is InChI=1S/C35H34N4O/c1-21-16-22(2)39(37-21)24-10-8-11-25(19-24)40-26-13-14-27-28-17-23(34(3,4)5)18-30-32(28)38(31(27)20-26)33-29(35(30,6)7)12-9-15-36-33/h8-20H,1-7H3. The molecule has 200 valence electrons. The third-order valence-electron chi connectivity index (χ3n) is 8.35. The molecule has 5 nitrogen and oxygen atoms in total. The summed E-state index contributed by atoms with van der Waals surface area (Å²) in [6, 6.07) is 25.7. The summed E-state index contributed by atoms with van der Waals surface area (Å²) < 4.78 is 10.8. The summed E-state index contributed by atoms with van der Waals surface area (Å²) in [6.07, 6.45) is 1.89. The molecule has 5 heteroatoms. The van der Waals surface area contributed by atoms with E-state index in [9.17, 15) is 0 Å². The number of benzene rings is 3. The average Bonchev–Trinajstić information content (AvgIpc) is 3.42. The number of aromatic nitrogens is 4. The molecule has 4 heterocycles. The number of nitrogens with zero attached hydrogens (tertiary/aromatic N) is 4. The highest BCUT2D eigenvalue weighted by atomic mass is 16.5. The monoisotopic (exact) mass is 526 g/mol. The summed E-state index contributed by atoms with van der Waals surface area (Å²) >= 11 is 0. The van der Waals surface area contributed by atoms with Crippen LogP contribution in [0.2, 0.25) is 0 Å². The van der Waals surface area contributed by atoms with Crippen molar-refractivity contribution < 1.29 is 4.74 Å². The molecule has 0 unspecified atom stereocenters. The van der Waals surface area contributed by atoms with Crippen LogP contribution in [0.3, 0.4) is 0 Å². The van der Waals surface area contributed by atoms with Crippen LogP contribution in [-0.2, 0) is 10.8 Å². The molecule has 0 bridgehead atoms. The van der Waals surface area contributed by atoms with Crippen molar-refractivity contribution in [3.63, 3.8) is 0 Å². The van der Waals surface area contributed by atoms with E-state index in [1.807, 2.05) is 42.1 Å². The first-order valence-electron chi connectivity index (χ1n) is 13.9. The average molecular weight is 527 g/mol. The summed E-state index contributed by atoms with van der Waals surface area (Å²) in [5, 5.41) is 7.11. The highest BCUT2D eigenvalue weighted by Crippen LogP contribution is 2.48. The summed E-state index contributed by atoms with van der Waals surface area (Å²) in [4.78, 5) is 4.91. The molecule has 0 N–H and O–H groups in total. The Morgan fingerprint density at radius 3 is 2.35 bits per heavy atom. The van der Waals surface area contributed by atoms with Crippen LogP contribution in [0, 0.1) is 13.8 Å². The summed E-state index contributed by atoms with van der Waals surface area (Å²) in [5.41, 5.74) is 9.18. The summed E-state index contributed by atoms with van der Waals surface area (Å²) in [6.45, 7) is 15.6. The Morgan fingerprint density at radius 2 is 1.60 bits per heavy atom. The van der Waals surface area contributed by atoms with Gasteiger partial charge in [-0.25, -0.2) is 9.67 Å². The lowest BCUT2D eigenvalue weighted by Gasteiger charge is -2.35. The molecule has 0 aliphatic carbocycles. The van der Waals surface area contributed by atoms with Crippen LogP contribution < -0.4 is 4.74 Å². The van der Waals surface area contributed by atoms with Crippen LogP contribution in [0.1, 0.15) is 62.7 Å². The minimum atomic E-state index is -0.170. The molecule has 40 heavy (non-hydrogen) atoms. The molecular weight excluding hydrogens is 492 g/mol. The molecule has 6 aromatic rings. The first-order chi connectivity index (χ1) is 19.0. The van der Waals surface area contributed by atoms with Crippen LogP contribution in [0.4, 0.5) is 0 Å². The second-order valence-corrected chi connectivity index (χ2v) is 12.6. The van der Waals surface area contributed by atoms with Gasteiger partial charge in [0.25, 0.3) is 0 Å². The second kappa shape index (κ2) is 8.31. The van der Waals surface area contributed by atoms with Crippen LogP contribution in [0.15, 0.2) is 79.0 Å². The van der Waals surface area contributed by atoms with E-state index in [1.54, 1.807) is 0 Å². The van der Waals surface area contributed by atoms with Crippen LogP contribution in [-0.4, -0.2) is 19.3 Å². The lowest BCUT2D eigenvalue weighted by molar-refractivity contribution is 0.482. The van der Waals surface area contributed by atoms with Gasteiger partial charge in [0.05, 0.1) is 22.4 Å². The fourth-order valence-corrected chi connectivity index (χ4v) is 6.23. The maximum atomic E-state index is 6.47. The van der Waals surface area contributed by atoms with Crippen LogP contribution in [0.5, 0.6) is 11.5 Å². The van der Waals surface area contributed by atoms with Crippen molar-refractivity contribution in [2.45, 2.75) is 59.3 Å². The topological polar surface area (TPSA) is 44.9 Å². The van der Waals surface area contributed by atoms with Crippen LogP contribution in [0.25, 0.3) is 33.3 Å². The summed E-state index contributed by atoms with van der Waals surface area (Å²) in [7, 11) is 0. The summed E-state index contributed by atoms with van der Waals surface area (Å²) in [5.74, 6) is 2.55. The number of ether oxygens (including phenoxy) is 1. The van der Waals surface area contributed by atoms with Gasteiger partial charge in [-0.05, 0) is 72.9 Å². The Balaban J connectivity index is 1.43. The van der Waals surface area contributed by atoms with Crippen LogP contribution >= 0.6 is 0 Å². The Kier molecular flexibility index (Phi) is 5.12. The van der Waals surface area contributed by atoms with Gasteiger partial charge in [0.2, 0.25) is 0 Å². The van der Waals surface area contributed by atoms with E-state index in [4.69, 9.17) is 9.72 Å². The Bertz CT molecular complexity index is 1970. The van der Waals surface area contributed by atoms with Gasteiger partial charge >= 0.3 is 0 Å². The smallest absolute Gasteiger partial charge is 0.141 e. The Labute approximate surface area is 235 Å². The molecule has 1 aliphatic heterocycles. The third-order valence-corrected chi connectivity index (χ3v) is 8.35. The van der Waals surface area contributed by atoms with E-state index in [2.05, 4.69) is 99.7 Å². The molecule has 0 fully saturated rings. The predicted molar refractivity (Wildman–Crippen MR) is 163 cm³/mol. The third kappa shape index (κ3) is 3.60. The van der Waals surface area contributed by atoms with E-state index < -0.39 is 0 Å². The quantitative estimate of drug-likeness (QED) is 0.232. The maximum absolute atomic E-state index is 6.47. The van der Waals surface area contributed by atoms with E-state index in [1.165, 1.54) is 33.0 Å². The normalized spacial score (nSPS) is 14.1. The Hall–Kier alpha value is -4.38. The minimum absolute atomic E-state index is 0.0317. The molecule has 0 saturated heterocycles. The van der Waals surface area contributed by atoms with Crippen molar-refractivity contribution in [3.8, 4) is 23.0 Å². The molecule has 1 aliphatic rings. The lowest BCUT2D eigenvalue weighted by Crippen LogP contribution is -2.28. The fourth-order valence-electron chi connectivity index (χ4n) is 6.23. The predicted octanol–water partition coefficient (Wildman–Crippen LogP) is 8.71. The van der Waals surface area contributed by atoms with Crippen molar-refractivity contribution >= 4 is 21.8 Å². The maximum Gasteiger partial charge on any atom is 0.141 e. The fraction of sp³-hybridized carbons (Fsp3) is 0.257. The second-order valence-electron chi connectivity index (χ2n) is 12.6. The zero-order chi connectivity index (χ0) is 28.0. The van der Waals surface area contributed by atoms with E-state index in [-0.39, 0.29) is 10.8 Å². The number of aryl methyl sites for hydroxylation is 2. The van der Waals surface area contributed by atoms with Gasteiger partial charge in [-0.1, -0.05) is 52.8 Å².